The van der Waals surface area contributed by atoms with Crippen LogP contribution in [0.2, 0.25) is 0 Å². The summed E-state index contributed by atoms with van der Waals surface area (Å²) in [6.07, 6.45) is 9.75. The maximum Gasteiger partial charge on any atom is 0.229 e. The summed E-state index contributed by atoms with van der Waals surface area (Å²) in [5.74, 6) is 0.656. The number of hydrogen-bond acceptors (Lipinski definition) is 6. The highest BCUT2D eigenvalue weighted by molar-refractivity contribution is 7.92. The number of pyridine rings is 3. The van der Waals surface area contributed by atoms with E-state index in [0.717, 1.165) is 23.1 Å². The van der Waals surface area contributed by atoms with Gasteiger partial charge in [0.25, 0.3) is 0 Å². The van der Waals surface area contributed by atoms with Gasteiger partial charge in [-0.1, -0.05) is 30.3 Å². The molecule has 4 rings (SSSR count). The molecule has 3 heterocycles. The lowest BCUT2D eigenvalue weighted by Gasteiger charge is -2.33. The number of hydrogen-bond donors (Lipinski definition) is 1. The van der Waals surface area contributed by atoms with Crippen LogP contribution in [0.1, 0.15) is 17.2 Å². The Kier molecular flexibility index (Phi) is 5.90. The lowest BCUT2D eigenvalue weighted by molar-refractivity contribution is 0.607. The van der Waals surface area contributed by atoms with E-state index < -0.39 is 10.0 Å². The van der Waals surface area contributed by atoms with Crippen LogP contribution in [0, 0.1) is 0 Å². The van der Waals surface area contributed by atoms with E-state index in [2.05, 4.69) is 24.6 Å². The van der Waals surface area contributed by atoms with Gasteiger partial charge in [-0.05, 0) is 47.5 Å². The summed E-state index contributed by atoms with van der Waals surface area (Å²) in [4.78, 5) is 15.3. The second kappa shape index (κ2) is 8.93. The summed E-state index contributed by atoms with van der Waals surface area (Å²) in [6.45, 7) is 0. The van der Waals surface area contributed by atoms with Crippen LogP contribution in [-0.4, -0.2) is 29.6 Å². The first-order valence-corrected chi connectivity index (χ1v) is 11.5. The van der Waals surface area contributed by atoms with Gasteiger partial charge in [0.05, 0.1) is 24.2 Å². The molecular formula is C23H21N5O2S. The largest absolute Gasteiger partial charge is 0.315 e. The lowest BCUT2D eigenvalue weighted by atomic mass is 9.99. The fraction of sp³-hybridized carbons (Fsp3) is 0.0870. The van der Waals surface area contributed by atoms with Crippen LogP contribution in [-0.2, 0) is 10.0 Å². The van der Waals surface area contributed by atoms with Crippen molar-refractivity contribution in [2.75, 3.05) is 15.9 Å². The summed E-state index contributed by atoms with van der Waals surface area (Å²) < 4.78 is 25.6. The molecule has 0 fully saturated rings. The van der Waals surface area contributed by atoms with Crippen LogP contribution in [0.4, 0.5) is 17.2 Å². The van der Waals surface area contributed by atoms with Gasteiger partial charge < -0.3 is 4.90 Å². The van der Waals surface area contributed by atoms with Crippen molar-refractivity contribution < 1.29 is 8.42 Å². The van der Waals surface area contributed by atoms with Crippen molar-refractivity contribution in [3.05, 3.63) is 109 Å². The van der Waals surface area contributed by atoms with Crippen molar-refractivity contribution in [2.24, 2.45) is 0 Å². The Morgan fingerprint density at radius 2 is 1.45 bits per heavy atom. The van der Waals surface area contributed by atoms with Crippen LogP contribution in [0.5, 0.6) is 0 Å². The second-order valence-electron chi connectivity index (χ2n) is 6.96. The third kappa shape index (κ3) is 5.04. The Morgan fingerprint density at radius 3 is 1.94 bits per heavy atom. The fourth-order valence-electron chi connectivity index (χ4n) is 3.37. The number of aromatic nitrogens is 3. The molecule has 0 bridgehead atoms. The molecule has 0 aliphatic rings. The van der Waals surface area contributed by atoms with Crippen molar-refractivity contribution in [3.8, 4) is 0 Å². The molecule has 0 radical (unpaired) electrons. The molecule has 0 aliphatic heterocycles. The third-order valence-corrected chi connectivity index (χ3v) is 5.20. The molecule has 1 N–H and O–H groups in total. The number of anilines is 3. The number of para-hydroxylation sites is 1. The van der Waals surface area contributed by atoms with E-state index in [4.69, 9.17) is 0 Å². The highest BCUT2D eigenvalue weighted by Gasteiger charge is 2.26. The van der Waals surface area contributed by atoms with E-state index >= 15 is 0 Å². The zero-order valence-corrected chi connectivity index (χ0v) is 17.6. The average molecular weight is 432 g/mol. The number of sulfonamides is 1. The van der Waals surface area contributed by atoms with E-state index in [0.29, 0.717) is 11.5 Å². The second-order valence-corrected chi connectivity index (χ2v) is 8.71. The van der Waals surface area contributed by atoms with E-state index in [1.807, 2.05) is 67.0 Å². The van der Waals surface area contributed by atoms with E-state index in [9.17, 15) is 8.42 Å². The normalized spacial score (nSPS) is 11.3. The molecule has 31 heavy (non-hydrogen) atoms. The summed E-state index contributed by atoms with van der Waals surface area (Å²) in [7, 11) is -3.38. The third-order valence-electron chi connectivity index (χ3n) is 4.59. The molecule has 1 aromatic carbocycles. The minimum absolute atomic E-state index is 0.244. The topological polar surface area (TPSA) is 88.1 Å². The molecule has 0 amide bonds. The highest BCUT2D eigenvalue weighted by Crippen LogP contribution is 2.38. The van der Waals surface area contributed by atoms with E-state index in [-0.39, 0.29) is 6.04 Å². The van der Waals surface area contributed by atoms with Gasteiger partial charge >= 0.3 is 0 Å². The zero-order chi connectivity index (χ0) is 21.7. The van der Waals surface area contributed by atoms with Gasteiger partial charge in [0.15, 0.2) is 0 Å². The lowest BCUT2D eigenvalue weighted by Crippen LogP contribution is -2.26. The number of rotatable bonds is 7. The molecular weight excluding hydrogens is 410 g/mol. The Balaban J connectivity index is 1.86. The van der Waals surface area contributed by atoms with Crippen molar-refractivity contribution in [2.45, 2.75) is 6.04 Å². The first kappa shape index (κ1) is 20.5. The van der Waals surface area contributed by atoms with Crippen LogP contribution in [0.15, 0.2) is 97.7 Å². The Morgan fingerprint density at radius 1 is 0.806 bits per heavy atom. The van der Waals surface area contributed by atoms with Crippen molar-refractivity contribution in [1.29, 1.82) is 0 Å². The van der Waals surface area contributed by atoms with Gasteiger partial charge in [0.2, 0.25) is 10.0 Å². The molecule has 7 nitrogen and oxygen atoms in total. The van der Waals surface area contributed by atoms with Crippen molar-refractivity contribution in [3.63, 3.8) is 0 Å². The van der Waals surface area contributed by atoms with Gasteiger partial charge in [-0.25, -0.2) is 13.4 Å². The van der Waals surface area contributed by atoms with Gasteiger partial charge in [-0.3, -0.25) is 14.7 Å². The molecule has 0 atom stereocenters. The summed E-state index contributed by atoms with van der Waals surface area (Å²) in [5.41, 5.74) is 3.27. The van der Waals surface area contributed by atoms with Crippen LogP contribution >= 0.6 is 0 Å². The maximum absolute atomic E-state index is 11.6. The van der Waals surface area contributed by atoms with Crippen molar-refractivity contribution in [1.82, 2.24) is 15.0 Å². The standard InChI is InChI=1S/C23H21N5O2S/c1-31(29,30)27-20-11-12-22(26-17-20)28(21-9-3-2-4-10-21)23(18-7-5-13-24-15-18)19-8-6-14-25-16-19/h2-17,23,27H,1H3. The van der Waals surface area contributed by atoms with Crippen LogP contribution in [0.3, 0.4) is 0 Å². The smallest absolute Gasteiger partial charge is 0.229 e. The van der Waals surface area contributed by atoms with Crippen LogP contribution < -0.4 is 9.62 Å². The zero-order valence-electron chi connectivity index (χ0n) is 16.8. The summed E-state index contributed by atoms with van der Waals surface area (Å²) in [6, 6.07) is 21.0. The van der Waals surface area contributed by atoms with E-state index in [1.54, 1.807) is 24.5 Å². The predicted molar refractivity (Wildman–Crippen MR) is 122 cm³/mol. The molecule has 3 aromatic heterocycles. The highest BCUT2D eigenvalue weighted by atomic mass is 32.2. The fourth-order valence-corrected chi connectivity index (χ4v) is 3.92. The molecule has 156 valence electrons. The molecule has 0 unspecified atom stereocenters. The molecule has 0 saturated heterocycles. The minimum Gasteiger partial charge on any atom is -0.315 e. The predicted octanol–water partition coefficient (Wildman–Crippen LogP) is 4.17. The number of nitrogens with one attached hydrogen (secondary N) is 1. The van der Waals surface area contributed by atoms with Gasteiger partial charge in [0.1, 0.15) is 5.82 Å². The number of nitrogens with zero attached hydrogens (tertiary/aromatic N) is 4. The average Bonchev–Trinajstić information content (AvgIpc) is 2.79. The Hall–Kier alpha value is -3.78. The Bertz CT molecular complexity index is 1180. The van der Waals surface area contributed by atoms with Crippen LogP contribution in [0.25, 0.3) is 0 Å². The minimum atomic E-state index is -3.38. The van der Waals surface area contributed by atoms with Crippen molar-refractivity contribution >= 4 is 27.2 Å². The summed E-state index contributed by atoms with van der Waals surface area (Å²) >= 11 is 0. The monoisotopic (exact) mass is 431 g/mol. The molecule has 0 saturated carbocycles. The Labute approximate surface area is 181 Å². The van der Waals surface area contributed by atoms with E-state index in [1.165, 1.54) is 6.20 Å². The first-order valence-electron chi connectivity index (χ1n) is 9.59. The van der Waals surface area contributed by atoms with Gasteiger partial charge in [-0.2, -0.15) is 0 Å². The quantitative estimate of drug-likeness (QED) is 0.472. The molecule has 0 aliphatic carbocycles. The number of benzene rings is 1. The first-order chi connectivity index (χ1) is 15.0. The maximum atomic E-state index is 11.6. The summed E-state index contributed by atoms with van der Waals surface area (Å²) in [5, 5.41) is 0. The SMILES string of the molecule is CS(=O)(=O)Nc1ccc(N(c2ccccc2)C(c2cccnc2)c2cccnc2)nc1. The molecule has 8 heteroatoms. The molecule has 4 aromatic rings. The molecule has 0 spiro atoms. The van der Waals surface area contributed by atoms with Gasteiger partial charge in [-0.15, -0.1) is 0 Å². The van der Waals surface area contributed by atoms with Gasteiger partial charge in [0, 0.05) is 30.5 Å².